The van der Waals surface area contributed by atoms with Crippen molar-refractivity contribution in [2.24, 2.45) is 0 Å². The number of phenolic OH excluding ortho intramolecular Hbond substituents is 1. The fourth-order valence-corrected chi connectivity index (χ4v) is 3.00. The molecule has 0 saturated carbocycles. The molecule has 1 N–H and O–H groups in total. The smallest absolute Gasteiger partial charge is 0.115 e. The van der Waals surface area contributed by atoms with Crippen LogP contribution < -0.4 is 0 Å². The van der Waals surface area contributed by atoms with Gasteiger partial charge in [-0.15, -0.1) is 0 Å². The van der Waals surface area contributed by atoms with E-state index in [4.69, 9.17) is 0 Å². The molecule has 0 aromatic heterocycles. The summed E-state index contributed by atoms with van der Waals surface area (Å²) < 4.78 is 1.08. The molecule has 1 atom stereocenters. The highest BCUT2D eigenvalue weighted by molar-refractivity contribution is 9.10. The summed E-state index contributed by atoms with van der Waals surface area (Å²) in [5.74, 6) is 0.344. The van der Waals surface area contributed by atoms with Gasteiger partial charge >= 0.3 is 0 Å². The number of likely N-dealkylation sites (N-methyl/N-ethyl adjacent to an activating group) is 1. The van der Waals surface area contributed by atoms with Crippen LogP contribution in [0, 0.1) is 0 Å². The van der Waals surface area contributed by atoms with Crippen LogP contribution in [0.5, 0.6) is 5.75 Å². The van der Waals surface area contributed by atoms with Crippen LogP contribution in [0.25, 0.3) is 0 Å². The van der Waals surface area contributed by atoms with Gasteiger partial charge in [0.2, 0.25) is 0 Å². The fraction of sp³-hybridized carbons (Fsp3) is 0.571. The third-order valence-corrected chi connectivity index (χ3v) is 4.25. The van der Waals surface area contributed by atoms with Crippen molar-refractivity contribution in [1.29, 1.82) is 0 Å². The standard InChI is InChI=1S/C14H21BrN2O/c1-16(2)10-12-4-3-7-17(12)9-11-8-13(18)5-6-14(11)15/h5-6,8,12,18H,3-4,7,9-10H2,1-2H3. The van der Waals surface area contributed by atoms with E-state index >= 15 is 0 Å². The van der Waals surface area contributed by atoms with E-state index in [9.17, 15) is 5.11 Å². The Morgan fingerprint density at radius 3 is 2.94 bits per heavy atom. The van der Waals surface area contributed by atoms with E-state index in [1.54, 1.807) is 6.07 Å². The Morgan fingerprint density at radius 1 is 1.44 bits per heavy atom. The number of nitrogens with zero attached hydrogens (tertiary/aromatic N) is 2. The van der Waals surface area contributed by atoms with E-state index in [1.807, 2.05) is 12.1 Å². The van der Waals surface area contributed by atoms with E-state index in [1.165, 1.54) is 18.4 Å². The Morgan fingerprint density at radius 2 is 2.22 bits per heavy atom. The molecular weight excluding hydrogens is 292 g/mol. The molecule has 4 heteroatoms. The molecule has 1 aliphatic heterocycles. The molecule has 1 heterocycles. The second-order valence-electron chi connectivity index (χ2n) is 5.30. The Kier molecular flexibility index (Phi) is 4.65. The summed E-state index contributed by atoms with van der Waals surface area (Å²) in [6.07, 6.45) is 2.55. The van der Waals surface area contributed by atoms with Crippen molar-refractivity contribution >= 4 is 15.9 Å². The van der Waals surface area contributed by atoms with E-state index in [-0.39, 0.29) is 0 Å². The summed E-state index contributed by atoms with van der Waals surface area (Å²) in [4.78, 5) is 4.76. The molecule has 1 aromatic rings. The molecule has 0 bridgehead atoms. The van der Waals surface area contributed by atoms with Gasteiger partial charge in [-0.3, -0.25) is 4.90 Å². The van der Waals surface area contributed by atoms with Crippen LogP contribution in [0.4, 0.5) is 0 Å². The topological polar surface area (TPSA) is 26.7 Å². The number of halogens is 1. The lowest BCUT2D eigenvalue weighted by Gasteiger charge is -2.27. The molecule has 18 heavy (non-hydrogen) atoms. The summed E-state index contributed by atoms with van der Waals surface area (Å²) in [5.41, 5.74) is 1.17. The van der Waals surface area contributed by atoms with E-state index in [2.05, 4.69) is 39.8 Å². The zero-order valence-corrected chi connectivity index (χ0v) is 12.7. The molecule has 1 fully saturated rings. The molecule has 1 aromatic carbocycles. The van der Waals surface area contributed by atoms with Gasteiger partial charge in [-0.25, -0.2) is 0 Å². The zero-order valence-electron chi connectivity index (χ0n) is 11.1. The lowest BCUT2D eigenvalue weighted by atomic mass is 10.1. The normalized spacial score (nSPS) is 20.8. The van der Waals surface area contributed by atoms with Crippen molar-refractivity contribution < 1.29 is 5.11 Å². The molecular formula is C14H21BrN2O. The number of hydrogen-bond acceptors (Lipinski definition) is 3. The van der Waals surface area contributed by atoms with Crippen LogP contribution in [0.3, 0.4) is 0 Å². The molecule has 0 amide bonds. The van der Waals surface area contributed by atoms with Gasteiger partial charge < -0.3 is 10.0 Å². The molecule has 1 unspecified atom stereocenters. The predicted octanol–water partition coefficient (Wildman–Crippen LogP) is 2.68. The Labute approximate surface area is 118 Å². The molecule has 1 saturated heterocycles. The van der Waals surface area contributed by atoms with E-state index < -0.39 is 0 Å². The summed E-state index contributed by atoms with van der Waals surface area (Å²) in [6.45, 7) is 3.17. The quantitative estimate of drug-likeness (QED) is 0.926. The van der Waals surface area contributed by atoms with Crippen molar-refractivity contribution in [1.82, 2.24) is 9.80 Å². The number of benzene rings is 1. The average molecular weight is 313 g/mol. The molecule has 0 aliphatic carbocycles. The molecule has 0 radical (unpaired) electrons. The third-order valence-electron chi connectivity index (χ3n) is 3.48. The highest BCUT2D eigenvalue weighted by Crippen LogP contribution is 2.26. The first kappa shape index (κ1) is 13.8. The van der Waals surface area contributed by atoms with Crippen LogP contribution in [0.15, 0.2) is 22.7 Å². The van der Waals surface area contributed by atoms with Gasteiger partial charge in [-0.2, -0.15) is 0 Å². The molecule has 0 spiro atoms. The minimum atomic E-state index is 0.344. The maximum Gasteiger partial charge on any atom is 0.115 e. The Bertz CT molecular complexity index is 409. The first-order chi connectivity index (χ1) is 8.56. The highest BCUT2D eigenvalue weighted by atomic mass is 79.9. The Hall–Kier alpha value is -0.580. The minimum absolute atomic E-state index is 0.344. The van der Waals surface area contributed by atoms with Crippen molar-refractivity contribution in [3.63, 3.8) is 0 Å². The lowest BCUT2D eigenvalue weighted by Crippen LogP contribution is -2.37. The molecule has 3 nitrogen and oxygen atoms in total. The van der Waals surface area contributed by atoms with Gasteiger partial charge in [0.15, 0.2) is 0 Å². The minimum Gasteiger partial charge on any atom is -0.508 e. The summed E-state index contributed by atoms with van der Waals surface area (Å²) >= 11 is 3.56. The zero-order chi connectivity index (χ0) is 13.1. The largest absolute Gasteiger partial charge is 0.508 e. The van der Waals surface area contributed by atoms with Crippen LogP contribution in [-0.2, 0) is 6.54 Å². The van der Waals surface area contributed by atoms with Crippen LogP contribution in [-0.4, -0.2) is 48.1 Å². The second-order valence-corrected chi connectivity index (χ2v) is 6.16. The van der Waals surface area contributed by atoms with Gasteiger partial charge in [0, 0.05) is 23.6 Å². The first-order valence-corrected chi connectivity index (χ1v) is 7.21. The summed E-state index contributed by atoms with van der Waals surface area (Å²) in [6, 6.07) is 6.13. The number of aromatic hydroxyl groups is 1. The van der Waals surface area contributed by atoms with Crippen LogP contribution >= 0.6 is 15.9 Å². The van der Waals surface area contributed by atoms with Gasteiger partial charge in [0.25, 0.3) is 0 Å². The monoisotopic (exact) mass is 312 g/mol. The van der Waals surface area contributed by atoms with E-state index in [0.29, 0.717) is 11.8 Å². The Balaban J connectivity index is 2.05. The van der Waals surface area contributed by atoms with Gasteiger partial charge in [0.05, 0.1) is 0 Å². The van der Waals surface area contributed by atoms with Crippen molar-refractivity contribution in [3.05, 3.63) is 28.2 Å². The number of hydrogen-bond donors (Lipinski definition) is 1. The summed E-state index contributed by atoms with van der Waals surface area (Å²) in [7, 11) is 4.25. The third kappa shape index (κ3) is 3.46. The summed E-state index contributed by atoms with van der Waals surface area (Å²) in [5, 5.41) is 9.58. The van der Waals surface area contributed by atoms with Gasteiger partial charge in [-0.1, -0.05) is 15.9 Å². The molecule has 2 rings (SSSR count). The maximum absolute atomic E-state index is 9.58. The van der Waals surface area contributed by atoms with Crippen LogP contribution in [0.2, 0.25) is 0 Å². The van der Waals surface area contributed by atoms with Crippen LogP contribution in [0.1, 0.15) is 18.4 Å². The highest BCUT2D eigenvalue weighted by Gasteiger charge is 2.25. The molecule has 100 valence electrons. The second kappa shape index (κ2) is 6.04. The SMILES string of the molecule is CN(C)CC1CCCN1Cc1cc(O)ccc1Br. The number of rotatable bonds is 4. The average Bonchev–Trinajstić information content (AvgIpc) is 2.70. The van der Waals surface area contributed by atoms with Crippen molar-refractivity contribution in [2.45, 2.75) is 25.4 Å². The van der Waals surface area contributed by atoms with Gasteiger partial charge in [0.1, 0.15) is 5.75 Å². The fourth-order valence-electron chi connectivity index (χ4n) is 2.63. The molecule has 1 aliphatic rings. The maximum atomic E-state index is 9.58. The number of likely N-dealkylation sites (tertiary alicyclic amines) is 1. The van der Waals surface area contributed by atoms with Crippen molar-refractivity contribution in [2.75, 3.05) is 27.2 Å². The predicted molar refractivity (Wildman–Crippen MR) is 77.8 cm³/mol. The lowest BCUT2D eigenvalue weighted by molar-refractivity contribution is 0.200. The van der Waals surface area contributed by atoms with Crippen molar-refractivity contribution in [3.8, 4) is 5.75 Å². The van der Waals surface area contributed by atoms with E-state index in [0.717, 1.165) is 24.1 Å². The van der Waals surface area contributed by atoms with Gasteiger partial charge in [-0.05, 0) is 57.2 Å². The first-order valence-electron chi connectivity index (χ1n) is 6.42. The number of phenols is 1.